The van der Waals surface area contributed by atoms with Gasteiger partial charge in [0.25, 0.3) is 0 Å². The minimum absolute atomic E-state index is 0.0167. The lowest BCUT2D eigenvalue weighted by atomic mass is 9.95. The van der Waals surface area contributed by atoms with Crippen molar-refractivity contribution in [2.75, 3.05) is 0 Å². The van der Waals surface area contributed by atoms with E-state index >= 15 is 0 Å². The fraction of sp³-hybridized carbons (Fsp3) is 0.684. The summed E-state index contributed by atoms with van der Waals surface area (Å²) >= 11 is 0. The van der Waals surface area contributed by atoms with Crippen LogP contribution in [0.2, 0.25) is 0 Å². The highest BCUT2D eigenvalue weighted by Gasteiger charge is 2.14. The molecule has 2 aliphatic rings. The third kappa shape index (κ3) is 7.49. The number of amides is 2. The lowest BCUT2D eigenvalue weighted by Crippen LogP contribution is -2.35. The smallest absolute Gasteiger partial charge is 0.243 e. The molecule has 0 bridgehead atoms. The second kappa shape index (κ2) is 10.2. The van der Waals surface area contributed by atoms with E-state index in [2.05, 4.69) is 10.6 Å². The fourth-order valence-electron chi connectivity index (χ4n) is 3.42. The van der Waals surface area contributed by atoms with Gasteiger partial charge in [0.05, 0.1) is 0 Å². The zero-order valence-electron chi connectivity index (χ0n) is 14.1. The molecule has 0 aliphatic heterocycles. The van der Waals surface area contributed by atoms with E-state index in [-0.39, 0.29) is 11.8 Å². The molecule has 2 aliphatic carbocycles. The zero-order valence-corrected chi connectivity index (χ0v) is 14.1. The van der Waals surface area contributed by atoms with Crippen LogP contribution in [0.1, 0.15) is 70.6 Å². The summed E-state index contributed by atoms with van der Waals surface area (Å²) in [6, 6.07) is 0.690. The van der Waals surface area contributed by atoms with Gasteiger partial charge in [-0.2, -0.15) is 0 Å². The molecule has 2 amide bonds. The van der Waals surface area contributed by atoms with Crippen molar-refractivity contribution >= 4 is 11.8 Å². The Kier molecular flexibility index (Phi) is 7.91. The molecule has 0 aromatic rings. The van der Waals surface area contributed by atoms with Crippen LogP contribution < -0.4 is 10.6 Å². The predicted molar refractivity (Wildman–Crippen MR) is 92.9 cm³/mol. The first-order chi connectivity index (χ1) is 11.2. The monoisotopic (exact) mass is 318 g/mol. The largest absolute Gasteiger partial charge is 0.350 e. The Labute approximate surface area is 139 Å². The SMILES string of the molecule is O=C(C=CCC=CC(=O)NC1CCCCC1)NC1CCCCC1. The van der Waals surface area contributed by atoms with Crippen LogP contribution in [0, 0.1) is 0 Å². The first-order valence-electron chi connectivity index (χ1n) is 9.18. The van der Waals surface area contributed by atoms with Crippen LogP contribution in [0.15, 0.2) is 24.3 Å². The van der Waals surface area contributed by atoms with Crippen LogP contribution in [-0.4, -0.2) is 23.9 Å². The third-order valence-corrected chi connectivity index (χ3v) is 4.71. The van der Waals surface area contributed by atoms with Gasteiger partial charge in [-0.25, -0.2) is 0 Å². The van der Waals surface area contributed by atoms with Crippen LogP contribution >= 0.6 is 0 Å². The molecule has 0 radical (unpaired) electrons. The molecule has 0 aromatic heterocycles. The zero-order chi connectivity index (χ0) is 16.3. The van der Waals surface area contributed by atoms with E-state index in [0.717, 1.165) is 25.7 Å². The van der Waals surface area contributed by atoms with Crippen molar-refractivity contribution in [2.45, 2.75) is 82.7 Å². The molecule has 0 atom stereocenters. The molecule has 23 heavy (non-hydrogen) atoms. The average molecular weight is 318 g/mol. The molecule has 4 nitrogen and oxygen atoms in total. The lowest BCUT2D eigenvalue weighted by molar-refractivity contribution is -0.118. The average Bonchev–Trinajstić information content (AvgIpc) is 2.56. The summed E-state index contributed by atoms with van der Waals surface area (Å²) in [7, 11) is 0. The number of nitrogens with one attached hydrogen (secondary N) is 2. The lowest BCUT2D eigenvalue weighted by Gasteiger charge is -2.22. The molecule has 0 heterocycles. The van der Waals surface area contributed by atoms with E-state index in [9.17, 15) is 9.59 Å². The summed E-state index contributed by atoms with van der Waals surface area (Å²) < 4.78 is 0. The molecule has 0 saturated heterocycles. The van der Waals surface area contributed by atoms with Gasteiger partial charge in [-0.05, 0) is 44.3 Å². The Balaban J connectivity index is 1.58. The number of allylic oxidation sites excluding steroid dienone is 2. The summed E-state index contributed by atoms with van der Waals surface area (Å²) in [6.07, 6.45) is 19.2. The van der Waals surface area contributed by atoms with Crippen molar-refractivity contribution in [3.63, 3.8) is 0 Å². The van der Waals surface area contributed by atoms with Gasteiger partial charge >= 0.3 is 0 Å². The van der Waals surface area contributed by atoms with Crippen LogP contribution in [-0.2, 0) is 9.59 Å². The van der Waals surface area contributed by atoms with Crippen molar-refractivity contribution in [2.24, 2.45) is 0 Å². The van der Waals surface area contributed by atoms with Crippen molar-refractivity contribution in [1.29, 1.82) is 0 Å². The van der Waals surface area contributed by atoms with Crippen molar-refractivity contribution in [1.82, 2.24) is 10.6 Å². The molecule has 0 unspecified atom stereocenters. The highest BCUT2D eigenvalue weighted by molar-refractivity contribution is 5.88. The molecule has 2 saturated carbocycles. The van der Waals surface area contributed by atoms with E-state index in [4.69, 9.17) is 0 Å². The molecule has 2 N–H and O–H groups in total. The maximum absolute atomic E-state index is 11.8. The molecule has 4 heteroatoms. The van der Waals surface area contributed by atoms with Crippen LogP contribution in [0.5, 0.6) is 0 Å². The van der Waals surface area contributed by atoms with Gasteiger partial charge in [0.1, 0.15) is 0 Å². The Morgan fingerprint density at radius 2 is 1.09 bits per heavy atom. The number of hydrogen-bond donors (Lipinski definition) is 2. The number of carbonyl (C=O) groups excluding carboxylic acids is 2. The normalized spacial score (nSPS) is 20.9. The highest BCUT2D eigenvalue weighted by Crippen LogP contribution is 2.18. The quantitative estimate of drug-likeness (QED) is 0.738. The molecule has 128 valence electrons. The maximum atomic E-state index is 11.8. The van der Waals surface area contributed by atoms with Crippen molar-refractivity contribution in [3.8, 4) is 0 Å². The van der Waals surface area contributed by atoms with Gasteiger partial charge in [0, 0.05) is 12.1 Å². The van der Waals surface area contributed by atoms with Crippen LogP contribution in [0.3, 0.4) is 0 Å². The summed E-state index contributed by atoms with van der Waals surface area (Å²) in [5.74, 6) is -0.0334. The summed E-state index contributed by atoms with van der Waals surface area (Å²) in [4.78, 5) is 23.5. The Morgan fingerprint density at radius 1 is 0.696 bits per heavy atom. The summed E-state index contributed by atoms with van der Waals surface area (Å²) in [6.45, 7) is 0. The molecular formula is C19H30N2O2. The number of rotatable bonds is 6. The van der Waals surface area contributed by atoms with E-state index in [1.165, 1.54) is 38.5 Å². The van der Waals surface area contributed by atoms with Gasteiger partial charge in [0.2, 0.25) is 11.8 Å². The maximum Gasteiger partial charge on any atom is 0.243 e. The fourth-order valence-corrected chi connectivity index (χ4v) is 3.42. The van der Waals surface area contributed by atoms with Gasteiger partial charge < -0.3 is 10.6 Å². The second-order valence-corrected chi connectivity index (χ2v) is 6.73. The van der Waals surface area contributed by atoms with Crippen LogP contribution in [0.25, 0.3) is 0 Å². The molecule has 0 aromatic carbocycles. The third-order valence-electron chi connectivity index (χ3n) is 4.71. The highest BCUT2D eigenvalue weighted by atomic mass is 16.2. The van der Waals surface area contributed by atoms with Gasteiger partial charge in [-0.1, -0.05) is 50.7 Å². The Bertz CT molecular complexity index is 391. The number of hydrogen-bond acceptors (Lipinski definition) is 2. The second-order valence-electron chi connectivity index (χ2n) is 6.73. The molecule has 0 spiro atoms. The summed E-state index contributed by atoms with van der Waals surface area (Å²) in [5, 5.41) is 6.09. The molecule has 2 rings (SSSR count). The molecular weight excluding hydrogens is 288 g/mol. The standard InChI is InChI=1S/C19H30N2O2/c22-18(20-16-10-4-1-5-11-16)14-8-3-9-15-19(23)21-17-12-6-2-7-13-17/h8-9,14-17H,1-7,10-13H2,(H,20,22)(H,21,23). The Hall–Kier alpha value is -1.58. The van der Waals surface area contributed by atoms with Gasteiger partial charge in [0.15, 0.2) is 0 Å². The van der Waals surface area contributed by atoms with Gasteiger partial charge in [-0.3, -0.25) is 9.59 Å². The first kappa shape index (κ1) is 17.8. The molecule has 2 fully saturated rings. The van der Waals surface area contributed by atoms with Gasteiger partial charge in [-0.15, -0.1) is 0 Å². The number of carbonyl (C=O) groups is 2. The van der Waals surface area contributed by atoms with E-state index in [0.29, 0.717) is 18.5 Å². The van der Waals surface area contributed by atoms with Crippen molar-refractivity contribution < 1.29 is 9.59 Å². The Morgan fingerprint density at radius 3 is 1.48 bits per heavy atom. The topological polar surface area (TPSA) is 58.2 Å². The summed E-state index contributed by atoms with van der Waals surface area (Å²) in [5.41, 5.74) is 0. The minimum Gasteiger partial charge on any atom is -0.350 e. The van der Waals surface area contributed by atoms with Crippen molar-refractivity contribution in [3.05, 3.63) is 24.3 Å². The minimum atomic E-state index is -0.0167. The van der Waals surface area contributed by atoms with E-state index in [1.807, 2.05) is 12.2 Å². The van der Waals surface area contributed by atoms with E-state index < -0.39 is 0 Å². The predicted octanol–water partition coefficient (Wildman–Crippen LogP) is 3.39. The first-order valence-corrected chi connectivity index (χ1v) is 9.18. The van der Waals surface area contributed by atoms with Crippen LogP contribution in [0.4, 0.5) is 0 Å². The van der Waals surface area contributed by atoms with E-state index in [1.54, 1.807) is 12.2 Å².